The molecule has 0 fully saturated rings. The molecule has 0 aliphatic rings. The molecule has 0 spiro atoms. The number of rotatable bonds is 1. The molecule has 0 unspecified atom stereocenters. The molecule has 5 nitrogen and oxygen atoms in total. The number of hydrogen-bond donors (Lipinski definition) is 2. The summed E-state index contributed by atoms with van der Waals surface area (Å²) in [6, 6.07) is 0. The molecule has 0 amide bonds. The number of carbonyl (C=O) groups is 1. The van der Waals surface area contributed by atoms with Crippen molar-refractivity contribution in [3.05, 3.63) is 11.3 Å². The minimum atomic E-state index is -4.83. The van der Waals surface area contributed by atoms with Crippen molar-refractivity contribution in [2.45, 2.75) is 6.18 Å². The van der Waals surface area contributed by atoms with Crippen LogP contribution in [-0.4, -0.2) is 16.2 Å². The topological polar surface area (TPSA) is 94.8 Å². The van der Waals surface area contributed by atoms with E-state index in [4.69, 9.17) is 5.73 Å². The van der Waals surface area contributed by atoms with Crippen molar-refractivity contribution in [3.8, 4) is 0 Å². The number of nitrogens with zero attached hydrogens (tertiary/aromatic N) is 1. The summed E-state index contributed by atoms with van der Waals surface area (Å²) >= 11 is 0. The minimum Gasteiger partial charge on any atom is -0.545 e. The maximum atomic E-state index is 12.0. The molecule has 0 bridgehead atoms. The maximum Gasteiger partial charge on any atom is 0.433 e. The largest absolute Gasteiger partial charge is 0.545 e. The zero-order chi connectivity index (χ0) is 10.2. The van der Waals surface area contributed by atoms with Crippen LogP contribution in [0.4, 0.5) is 19.0 Å². The van der Waals surface area contributed by atoms with Crippen molar-refractivity contribution in [1.82, 2.24) is 10.2 Å². The molecule has 0 saturated carbocycles. The van der Waals surface area contributed by atoms with Gasteiger partial charge in [-0.1, -0.05) is 0 Å². The van der Waals surface area contributed by atoms with Crippen LogP contribution in [0, 0.1) is 0 Å². The Hall–Kier alpha value is -1.73. The van der Waals surface area contributed by atoms with Crippen LogP contribution in [0.1, 0.15) is 16.1 Å². The highest BCUT2D eigenvalue weighted by Gasteiger charge is 2.37. The zero-order valence-corrected chi connectivity index (χ0v) is 5.97. The molecule has 0 saturated heterocycles. The van der Waals surface area contributed by atoms with Gasteiger partial charge in [-0.3, -0.25) is 5.10 Å². The van der Waals surface area contributed by atoms with Crippen molar-refractivity contribution in [2.24, 2.45) is 0 Å². The average Bonchev–Trinajstić information content (AvgIpc) is 2.28. The van der Waals surface area contributed by atoms with E-state index in [2.05, 4.69) is 5.10 Å². The Bertz CT molecular complexity index is 343. The van der Waals surface area contributed by atoms with Crippen LogP contribution >= 0.6 is 0 Å². The average molecular weight is 194 g/mol. The van der Waals surface area contributed by atoms with Gasteiger partial charge < -0.3 is 15.6 Å². The number of H-pyrrole nitrogens is 1. The molecule has 0 radical (unpaired) electrons. The summed E-state index contributed by atoms with van der Waals surface area (Å²) in [7, 11) is 0. The highest BCUT2D eigenvalue weighted by atomic mass is 19.4. The molecule has 72 valence electrons. The number of carboxylic acids is 1. The van der Waals surface area contributed by atoms with Gasteiger partial charge in [-0.25, -0.2) is 0 Å². The number of nitrogens with two attached hydrogens (primary N) is 1. The molecule has 1 heterocycles. The van der Waals surface area contributed by atoms with Gasteiger partial charge in [-0.2, -0.15) is 18.3 Å². The van der Waals surface area contributed by atoms with Gasteiger partial charge in [0, 0.05) is 0 Å². The summed E-state index contributed by atoms with van der Waals surface area (Å²) in [6.07, 6.45) is -4.83. The summed E-state index contributed by atoms with van der Waals surface area (Å²) in [5, 5.41) is 14.6. The quantitative estimate of drug-likeness (QED) is 0.622. The van der Waals surface area contributed by atoms with Gasteiger partial charge in [0.25, 0.3) is 0 Å². The number of alkyl halides is 3. The van der Waals surface area contributed by atoms with Crippen LogP contribution in [0.25, 0.3) is 0 Å². The molecule has 0 aliphatic heterocycles. The fourth-order valence-corrected chi connectivity index (χ4v) is 0.768. The van der Waals surface area contributed by atoms with E-state index in [-0.39, 0.29) is 0 Å². The van der Waals surface area contributed by atoms with E-state index in [0.29, 0.717) is 0 Å². The van der Waals surface area contributed by atoms with E-state index in [1.54, 1.807) is 0 Å². The number of aromatic nitrogens is 2. The number of aromatic amines is 1. The van der Waals surface area contributed by atoms with Gasteiger partial charge in [-0.15, -0.1) is 0 Å². The normalized spacial score (nSPS) is 11.6. The van der Waals surface area contributed by atoms with Crippen molar-refractivity contribution >= 4 is 11.8 Å². The SMILES string of the molecule is Nc1n[nH]c(C(F)(F)F)c1C(=O)[O-]. The van der Waals surface area contributed by atoms with Gasteiger partial charge in [0.15, 0.2) is 11.5 Å². The van der Waals surface area contributed by atoms with Crippen LogP contribution in [0.15, 0.2) is 0 Å². The molecule has 0 atom stereocenters. The number of nitrogen functional groups attached to an aromatic ring is 1. The monoisotopic (exact) mass is 194 g/mol. The van der Waals surface area contributed by atoms with Crippen LogP contribution in [0.5, 0.6) is 0 Å². The fourth-order valence-electron chi connectivity index (χ4n) is 0.768. The fraction of sp³-hybridized carbons (Fsp3) is 0.200. The minimum absolute atomic E-state index is 0.743. The van der Waals surface area contributed by atoms with Gasteiger partial charge in [0.1, 0.15) is 0 Å². The number of carboxylic acid groups (broad SMARTS) is 1. The number of aromatic carboxylic acids is 1. The van der Waals surface area contributed by atoms with E-state index < -0.39 is 29.2 Å². The second-order valence-corrected chi connectivity index (χ2v) is 2.14. The summed E-state index contributed by atoms with van der Waals surface area (Å²) in [4.78, 5) is 10.2. The predicted octanol–water partition coefficient (Wildman–Crippen LogP) is -0.626. The summed E-state index contributed by atoms with van der Waals surface area (Å²) in [6.45, 7) is 0. The van der Waals surface area contributed by atoms with Crippen molar-refractivity contribution < 1.29 is 23.1 Å². The van der Waals surface area contributed by atoms with E-state index in [1.807, 2.05) is 0 Å². The lowest BCUT2D eigenvalue weighted by molar-refractivity contribution is -0.255. The lowest BCUT2D eigenvalue weighted by atomic mass is 10.2. The van der Waals surface area contributed by atoms with Gasteiger partial charge in [0.05, 0.1) is 11.5 Å². The summed E-state index contributed by atoms with van der Waals surface area (Å²) in [5.41, 5.74) is 2.21. The Morgan fingerprint density at radius 1 is 1.54 bits per heavy atom. The molecule has 1 rings (SSSR count). The number of carbonyl (C=O) groups excluding carboxylic acids is 1. The first-order chi connectivity index (χ1) is 5.84. The Balaban J connectivity index is 3.31. The molecule has 1 aromatic heterocycles. The van der Waals surface area contributed by atoms with Gasteiger partial charge in [0.2, 0.25) is 0 Å². The second kappa shape index (κ2) is 2.64. The molecule has 0 aliphatic carbocycles. The third-order valence-corrected chi connectivity index (χ3v) is 1.28. The second-order valence-electron chi connectivity index (χ2n) is 2.14. The van der Waals surface area contributed by atoms with E-state index in [9.17, 15) is 23.1 Å². The molecule has 13 heavy (non-hydrogen) atoms. The molecule has 0 aromatic carbocycles. The first-order valence-corrected chi connectivity index (χ1v) is 2.96. The van der Waals surface area contributed by atoms with Crippen molar-refractivity contribution in [3.63, 3.8) is 0 Å². The van der Waals surface area contributed by atoms with Crippen LogP contribution in [-0.2, 0) is 6.18 Å². The van der Waals surface area contributed by atoms with Gasteiger partial charge >= 0.3 is 6.18 Å². The Morgan fingerprint density at radius 2 is 2.08 bits per heavy atom. The van der Waals surface area contributed by atoms with E-state index in [0.717, 1.165) is 0 Å². The van der Waals surface area contributed by atoms with E-state index in [1.165, 1.54) is 5.10 Å². The Morgan fingerprint density at radius 3 is 2.38 bits per heavy atom. The zero-order valence-electron chi connectivity index (χ0n) is 5.97. The van der Waals surface area contributed by atoms with Crippen LogP contribution in [0.3, 0.4) is 0 Å². The smallest absolute Gasteiger partial charge is 0.433 e. The third kappa shape index (κ3) is 1.55. The first kappa shape index (κ1) is 9.36. The molecule has 1 aromatic rings. The molecular formula is C5H3F3N3O2-. The standard InChI is InChI=1S/C5H4F3N3O2/c6-5(7,8)2-1(4(12)13)3(9)11-10-2/h(H,12,13)(H3,9,10,11)/p-1. The number of anilines is 1. The summed E-state index contributed by atoms with van der Waals surface area (Å²) < 4.78 is 36.0. The lowest BCUT2D eigenvalue weighted by Gasteiger charge is -2.07. The third-order valence-electron chi connectivity index (χ3n) is 1.28. The van der Waals surface area contributed by atoms with Gasteiger partial charge in [-0.05, 0) is 0 Å². The molecule has 3 N–H and O–H groups in total. The highest BCUT2D eigenvalue weighted by Crippen LogP contribution is 2.31. The van der Waals surface area contributed by atoms with E-state index >= 15 is 0 Å². The van der Waals surface area contributed by atoms with Crippen molar-refractivity contribution in [2.75, 3.05) is 5.73 Å². The maximum absolute atomic E-state index is 12.0. The van der Waals surface area contributed by atoms with Crippen LogP contribution in [0.2, 0.25) is 0 Å². The number of hydrogen-bond acceptors (Lipinski definition) is 4. The molecular weight excluding hydrogens is 191 g/mol. The number of nitrogens with one attached hydrogen (secondary N) is 1. The molecule has 8 heteroatoms. The Labute approximate surface area is 69.4 Å². The number of halogens is 3. The lowest BCUT2D eigenvalue weighted by Crippen LogP contribution is -2.26. The first-order valence-electron chi connectivity index (χ1n) is 2.96. The van der Waals surface area contributed by atoms with Crippen LogP contribution < -0.4 is 10.8 Å². The Kier molecular flexibility index (Phi) is 1.90. The predicted molar refractivity (Wildman–Crippen MR) is 32.3 cm³/mol. The van der Waals surface area contributed by atoms with Crippen molar-refractivity contribution in [1.29, 1.82) is 0 Å². The summed E-state index contributed by atoms with van der Waals surface area (Å²) in [5.74, 6) is -2.76. The highest BCUT2D eigenvalue weighted by molar-refractivity contribution is 5.92.